The summed E-state index contributed by atoms with van der Waals surface area (Å²) in [7, 11) is 0. The van der Waals surface area contributed by atoms with E-state index < -0.39 is 6.10 Å². The smallest absolute Gasteiger partial charge is 0.120 e. The van der Waals surface area contributed by atoms with E-state index in [1.165, 1.54) is 25.7 Å². The molecule has 15 heavy (non-hydrogen) atoms. The molecule has 4 heteroatoms. The number of allylic oxidation sites excluding steroid dienone is 1. The second-order valence-electron chi connectivity index (χ2n) is 3.97. The number of rotatable bonds is 2. The van der Waals surface area contributed by atoms with Crippen LogP contribution in [0.1, 0.15) is 50.3 Å². The van der Waals surface area contributed by atoms with Gasteiger partial charge in [-0.25, -0.2) is 0 Å². The monoisotopic (exact) mass is 224 g/mol. The Bertz CT molecular complexity index is 321. The summed E-state index contributed by atoms with van der Waals surface area (Å²) in [5.74, 6) is 0. The van der Waals surface area contributed by atoms with Gasteiger partial charge in [0, 0.05) is 0 Å². The molecule has 0 spiro atoms. The molecular formula is C11H16N2OS. The largest absolute Gasteiger partial charge is 0.382 e. The Kier molecular flexibility index (Phi) is 3.86. The molecule has 0 saturated carbocycles. The molecule has 1 atom stereocenters. The van der Waals surface area contributed by atoms with Crippen molar-refractivity contribution in [2.75, 3.05) is 0 Å². The van der Waals surface area contributed by atoms with E-state index in [9.17, 15) is 5.11 Å². The molecule has 0 radical (unpaired) electrons. The molecule has 0 saturated heterocycles. The third-order valence-electron chi connectivity index (χ3n) is 2.84. The molecule has 1 unspecified atom stereocenters. The van der Waals surface area contributed by atoms with Crippen molar-refractivity contribution in [1.29, 1.82) is 0 Å². The van der Waals surface area contributed by atoms with Crippen molar-refractivity contribution in [2.24, 2.45) is 0 Å². The minimum absolute atomic E-state index is 0.526. The maximum absolute atomic E-state index is 10.1. The average molecular weight is 224 g/mol. The first-order valence-corrected chi connectivity index (χ1v) is 6.25. The Morgan fingerprint density at radius 1 is 1.27 bits per heavy atom. The van der Waals surface area contributed by atoms with Crippen LogP contribution >= 0.6 is 11.7 Å². The van der Waals surface area contributed by atoms with Crippen molar-refractivity contribution < 1.29 is 5.11 Å². The third-order valence-corrected chi connectivity index (χ3v) is 3.33. The fourth-order valence-electron chi connectivity index (χ4n) is 1.95. The molecular weight excluding hydrogens is 208 g/mol. The van der Waals surface area contributed by atoms with Crippen molar-refractivity contribution in [2.45, 2.75) is 44.6 Å². The molecule has 3 nitrogen and oxygen atoms in total. The van der Waals surface area contributed by atoms with Gasteiger partial charge in [-0.3, -0.25) is 0 Å². The molecule has 82 valence electrons. The van der Waals surface area contributed by atoms with E-state index in [1.54, 1.807) is 6.20 Å². The van der Waals surface area contributed by atoms with Gasteiger partial charge in [0.05, 0.1) is 17.9 Å². The van der Waals surface area contributed by atoms with Gasteiger partial charge in [0.15, 0.2) is 0 Å². The normalized spacial score (nSPS) is 20.2. The first kappa shape index (κ1) is 10.8. The van der Waals surface area contributed by atoms with Gasteiger partial charge >= 0.3 is 0 Å². The summed E-state index contributed by atoms with van der Waals surface area (Å²) in [5.41, 5.74) is 1.83. The summed E-state index contributed by atoms with van der Waals surface area (Å²) in [6.07, 6.45) is 10.4. The van der Waals surface area contributed by atoms with Gasteiger partial charge in [0.2, 0.25) is 0 Å². The second-order valence-corrected chi connectivity index (χ2v) is 4.52. The van der Waals surface area contributed by atoms with Crippen LogP contribution in [0.2, 0.25) is 0 Å². The number of nitrogens with zero attached hydrogens (tertiary/aromatic N) is 2. The van der Waals surface area contributed by atoms with Crippen molar-refractivity contribution in [1.82, 2.24) is 8.75 Å². The topological polar surface area (TPSA) is 46.0 Å². The molecule has 0 aromatic carbocycles. The van der Waals surface area contributed by atoms with Gasteiger partial charge in [-0.15, -0.1) is 0 Å². The number of aromatic nitrogens is 2. The highest BCUT2D eigenvalue weighted by Crippen LogP contribution is 2.27. The zero-order chi connectivity index (χ0) is 10.5. The number of hydrogen-bond acceptors (Lipinski definition) is 4. The lowest BCUT2D eigenvalue weighted by Gasteiger charge is -2.15. The zero-order valence-corrected chi connectivity index (χ0v) is 9.54. The number of aliphatic hydroxyl groups excluding tert-OH is 1. The Labute approximate surface area is 94.2 Å². The first-order valence-electron chi connectivity index (χ1n) is 5.52. The lowest BCUT2D eigenvalue weighted by molar-refractivity contribution is 0.205. The van der Waals surface area contributed by atoms with E-state index in [2.05, 4.69) is 14.8 Å². The summed E-state index contributed by atoms with van der Waals surface area (Å²) < 4.78 is 8.01. The van der Waals surface area contributed by atoms with Crippen LogP contribution in [-0.2, 0) is 0 Å². The minimum Gasteiger partial charge on any atom is -0.382 e. The van der Waals surface area contributed by atoms with Crippen molar-refractivity contribution in [3.8, 4) is 0 Å². The molecule has 1 aliphatic rings. The molecule has 1 N–H and O–H groups in total. The highest BCUT2D eigenvalue weighted by Gasteiger charge is 2.16. The maximum Gasteiger partial charge on any atom is 0.120 e. The van der Waals surface area contributed by atoms with Crippen LogP contribution < -0.4 is 0 Å². The van der Waals surface area contributed by atoms with Crippen LogP contribution in [0.25, 0.3) is 0 Å². The van der Waals surface area contributed by atoms with E-state index >= 15 is 0 Å². The van der Waals surface area contributed by atoms with Crippen LogP contribution in [0.4, 0.5) is 0 Å². The van der Waals surface area contributed by atoms with Crippen LogP contribution in [-0.4, -0.2) is 13.9 Å². The fraction of sp³-hybridized carbons (Fsp3) is 0.636. The SMILES string of the molecule is OC(C1=CCCCCCC1)c1cnsn1. The van der Waals surface area contributed by atoms with Gasteiger partial charge < -0.3 is 5.11 Å². The quantitative estimate of drug-likeness (QED) is 0.786. The van der Waals surface area contributed by atoms with Crippen LogP contribution in [0.5, 0.6) is 0 Å². The summed E-state index contributed by atoms with van der Waals surface area (Å²) in [5, 5.41) is 10.1. The zero-order valence-electron chi connectivity index (χ0n) is 8.72. The molecule has 1 aromatic rings. The highest BCUT2D eigenvalue weighted by molar-refractivity contribution is 6.99. The maximum atomic E-state index is 10.1. The Morgan fingerprint density at radius 2 is 2.13 bits per heavy atom. The molecule has 0 bridgehead atoms. The molecule has 1 aromatic heterocycles. The third kappa shape index (κ3) is 2.86. The molecule has 2 rings (SSSR count). The van der Waals surface area contributed by atoms with E-state index in [-0.39, 0.29) is 0 Å². The standard InChI is InChI=1S/C11H16N2OS/c14-11(10-8-12-15-13-10)9-6-4-2-1-3-5-7-9/h6,8,11,14H,1-5,7H2. The lowest BCUT2D eigenvalue weighted by Crippen LogP contribution is -2.03. The van der Waals surface area contributed by atoms with E-state index in [1.807, 2.05) is 0 Å². The van der Waals surface area contributed by atoms with Crippen molar-refractivity contribution >= 4 is 11.7 Å². The van der Waals surface area contributed by atoms with Gasteiger partial charge in [-0.05, 0) is 31.3 Å². The second kappa shape index (κ2) is 5.37. The highest BCUT2D eigenvalue weighted by atomic mass is 32.1. The van der Waals surface area contributed by atoms with Gasteiger partial charge in [-0.2, -0.15) is 8.75 Å². The van der Waals surface area contributed by atoms with Crippen LogP contribution in [0.3, 0.4) is 0 Å². The van der Waals surface area contributed by atoms with Crippen molar-refractivity contribution in [3.05, 3.63) is 23.5 Å². The molecule has 1 heterocycles. The molecule has 0 fully saturated rings. The van der Waals surface area contributed by atoms with Gasteiger partial charge in [0.25, 0.3) is 0 Å². The lowest BCUT2D eigenvalue weighted by atomic mass is 9.95. The van der Waals surface area contributed by atoms with Crippen LogP contribution in [0, 0.1) is 0 Å². The summed E-state index contributed by atoms with van der Waals surface area (Å²) in [4.78, 5) is 0. The predicted octanol–water partition coefficient (Wildman–Crippen LogP) is 2.85. The van der Waals surface area contributed by atoms with Crippen LogP contribution in [0.15, 0.2) is 17.8 Å². The average Bonchev–Trinajstić information content (AvgIpc) is 2.68. The first-order chi connectivity index (χ1) is 7.38. The Morgan fingerprint density at radius 3 is 2.93 bits per heavy atom. The Hall–Kier alpha value is -0.740. The van der Waals surface area contributed by atoms with Crippen molar-refractivity contribution in [3.63, 3.8) is 0 Å². The Balaban J connectivity index is 2.07. The minimum atomic E-state index is -0.526. The van der Waals surface area contributed by atoms with Gasteiger partial charge in [-0.1, -0.05) is 18.9 Å². The molecule has 0 aliphatic heterocycles. The van der Waals surface area contributed by atoms with Gasteiger partial charge in [0.1, 0.15) is 11.8 Å². The molecule has 0 amide bonds. The van der Waals surface area contributed by atoms with E-state index in [0.29, 0.717) is 5.69 Å². The number of hydrogen-bond donors (Lipinski definition) is 1. The predicted molar refractivity (Wildman–Crippen MR) is 60.7 cm³/mol. The van der Waals surface area contributed by atoms with E-state index in [4.69, 9.17) is 0 Å². The number of aliphatic hydroxyl groups is 1. The summed E-state index contributed by atoms with van der Waals surface area (Å²) in [6, 6.07) is 0. The fourth-order valence-corrected chi connectivity index (χ4v) is 2.39. The summed E-state index contributed by atoms with van der Waals surface area (Å²) >= 11 is 1.15. The summed E-state index contributed by atoms with van der Waals surface area (Å²) in [6.45, 7) is 0. The molecule has 1 aliphatic carbocycles. The van der Waals surface area contributed by atoms with E-state index in [0.717, 1.165) is 30.1 Å².